The smallest absolute Gasteiger partial charge is 0.258 e. The average molecular weight is 308 g/mol. The SMILES string of the molecule is C#CC1(NS(=O)(=O)c2ccc([N+](=O)[O-])cc2)CCCCC1. The van der Waals surface area contributed by atoms with Crippen LogP contribution in [-0.4, -0.2) is 18.9 Å². The number of nitrogens with one attached hydrogen (secondary N) is 1. The van der Waals surface area contributed by atoms with Crippen molar-refractivity contribution in [1.29, 1.82) is 0 Å². The van der Waals surface area contributed by atoms with E-state index in [9.17, 15) is 18.5 Å². The van der Waals surface area contributed by atoms with Gasteiger partial charge in [0, 0.05) is 12.1 Å². The molecule has 0 spiro atoms. The number of nitro groups is 1. The zero-order chi connectivity index (χ0) is 15.5. The van der Waals surface area contributed by atoms with Crippen LogP contribution in [0, 0.1) is 22.5 Å². The van der Waals surface area contributed by atoms with E-state index in [-0.39, 0.29) is 10.6 Å². The Balaban J connectivity index is 2.25. The van der Waals surface area contributed by atoms with Gasteiger partial charge >= 0.3 is 0 Å². The van der Waals surface area contributed by atoms with Gasteiger partial charge in [-0.15, -0.1) is 6.42 Å². The molecule has 1 aliphatic carbocycles. The normalized spacial score (nSPS) is 17.9. The number of terminal acetylenes is 1. The first-order valence-corrected chi connectivity index (χ1v) is 8.13. The third kappa shape index (κ3) is 3.40. The van der Waals surface area contributed by atoms with Crippen molar-refractivity contribution in [1.82, 2.24) is 4.72 Å². The molecule has 1 fully saturated rings. The van der Waals surface area contributed by atoms with Crippen molar-refractivity contribution in [2.24, 2.45) is 0 Å². The maximum atomic E-state index is 12.4. The quantitative estimate of drug-likeness (QED) is 0.524. The highest BCUT2D eigenvalue weighted by atomic mass is 32.2. The molecule has 7 heteroatoms. The predicted octanol–water partition coefficient (Wildman–Crippen LogP) is 2.21. The monoisotopic (exact) mass is 308 g/mol. The van der Waals surface area contributed by atoms with Crippen LogP contribution < -0.4 is 4.72 Å². The molecule has 0 atom stereocenters. The third-order valence-corrected chi connectivity index (χ3v) is 5.22. The van der Waals surface area contributed by atoms with E-state index in [0.29, 0.717) is 12.8 Å². The van der Waals surface area contributed by atoms with Crippen molar-refractivity contribution in [2.75, 3.05) is 0 Å². The molecule has 112 valence electrons. The van der Waals surface area contributed by atoms with Gasteiger partial charge in [-0.1, -0.05) is 25.2 Å². The molecular formula is C14H16N2O4S. The summed E-state index contributed by atoms with van der Waals surface area (Å²) in [4.78, 5) is 9.99. The lowest BCUT2D eigenvalue weighted by atomic mass is 9.83. The van der Waals surface area contributed by atoms with Crippen LogP contribution in [0.15, 0.2) is 29.2 Å². The maximum Gasteiger partial charge on any atom is 0.269 e. The summed E-state index contributed by atoms with van der Waals surface area (Å²) in [5.41, 5.74) is -1.00. The third-order valence-electron chi connectivity index (χ3n) is 3.67. The molecule has 0 unspecified atom stereocenters. The van der Waals surface area contributed by atoms with Gasteiger partial charge in [-0.25, -0.2) is 8.42 Å². The summed E-state index contributed by atoms with van der Waals surface area (Å²) in [6.07, 6.45) is 9.54. The highest BCUT2D eigenvalue weighted by Gasteiger charge is 2.34. The summed E-state index contributed by atoms with van der Waals surface area (Å²) in [6.45, 7) is 0. The highest BCUT2D eigenvalue weighted by molar-refractivity contribution is 7.89. The van der Waals surface area contributed by atoms with Gasteiger partial charge in [0.1, 0.15) is 0 Å². The van der Waals surface area contributed by atoms with E-state index in [1.54, 1.807) is 0 Å². The van der Waals surface area contributed by atoms with Crippen LogP contribution >= 0.6 is 0 Å². The van der Waals surface area contributed by atoms with E-state index in [2.05, 4.69) is 10.6 Å². The van der Waals surface area contributed by atoms with E-state index < -0.39 is 20.5 Å². The van der Waals surface area contributed by atoms with Crippen LogP contribution in [0.25, 0.3) is 0 Å². The van der Waals surface area contributed by atoms with Crippen LogP contribution in [0.1, 0.15) is 32.1 Å². The first-order valence-electron chi connectivity index (χ1n) is 6.65. The minimum absolute atomic E-state index is 0.0201. The number of non-ortho nitro benzene ring substituents is 1. The van der Waals surface area contributed by atoms with E-state index in [4.69, 9.17) is 6.42 Å². The summed E-state index contributed by atoms with van der Waals surface area (Å²) in [5.74, 6) is 2.57. The summed E-state index contributed by atoms with van der Waals surface area (Å²) >= 11 is 0. The Bertz CT molecular complexity index is 668. The Morgan fingerprint density at radius 2 is 1.76 bits per heavy atom. The van der Waals surface area contributed by atoms with Crippen LogP contribution in [-0.2, 0) is 10.0 Å². The maximum absolute atomic E-state index is 12.4. The Morgan fingerprint density at radius 1 is 1.19 bits per heavy atom. The molecule has 21 heavy (non-hydrogen) atoms. The minimum atomic E-state index is -3.79. The van der Waals surface area contributed by atoms with Crippen LogP contribution in [0.2, 0.25) is 0 Å². The number of nitrogens with zero attached hydrogens (tertiary/aromatic N) is 1. The predicted molar refractivity (Wildman–Crippen MR) is 78.1 cm³/mol. The van der Waals surface area contributed by atoms with E-state index in [1.165, 1.54) is 12.1 Å². The summed E-state index contributed by atoms with van der Waals surface area (Å²) < 4.78 is 27.3. The second kappa shape index (κ2) is 5.84. The number of nitro benzene ring substituents is 1. The summed E-state index contributed by atoms with van der Waals surface area (Å²) in [5, 5.41) is 10.6. The molecule has 0 amide bonds. The Hall–Kier alpha value is -1.91. The summed E-state index contributed by atoms with van der Waals surface area (Å²) in [7, 11) is -3.79. The van der Waals surface area contributed by atoms with Crippen LogP contribution in [0.4, 0.5) is 5.69 Å². The number of rotatable bonds is 4. The topological polar surface area (TPSA) is 89.3 Å². The number of hydrogen-bond donors (Lipinski definition) is 1. The second-order valence-electron chi connectivity index (χ2n) is 5.14. The van der Waals surface area contributed by atoms with Crippen LogP contribution in [0.5, 0.6) is 0 Å². The molecule has 1 saturated carbocycles. The molecule has 0 bridgehead atoms. The lowest BCUT2D eigenvalue weighted by molar-refractivity contribution is -0.384. The molecule has 2 rings (SSSR count). The van der Waals surface area contributed by atoms with Gasteiger partial charge in [-0.05, 0) is 25.0 Å². The van der Waals surface area contributed by atoms with Crippen molar-refractivity contribution in [3.05, 3.63) is 34.4 Å². The van der Waals surface area contributed by atoms with Gasteiger partial charge in [0.25, 0.3) is 5.69 Å². The molecule has 0 aliphatic heterocycles. The Morgan fingerprint density at radius 3 is 2.24 bits per heavy atom. The molecule has 1 aliphatic rings. The van der Waals surface area contributed by atoms with Crippen molar-refractivity contribution in [3.63, 3.8) is 0 Å². The lowest BCUT2D eigenvalue weighted by Crippen LogP contribution is -2.48. The molecule has 1 aromatic rings. The largest absolute Gasteiger partial charge is 0.269 e. The first kappa shape index (κ1) is 15.5. The zero-order valence-corrected chi connectivity index (χ0v) is 12.2. The average Bonchev–Trinajstić information content (AvgIpc) is 2.48. The molecule has 0 heterocycles. The Kier molecular flexibility index (Phi) is 4.30. The van der Waals surface area contributed by atoms with E-state index >= 15 is 0 Å². The second-order valence-corrected chi connectivity index (χ2v) is 6.83. The fourth-order valence-electron chi connectivity index (χ4n) is 2.49. The number of sulfonamides is 1. The molecule has 0 aromatic heterocycles. The number of benzene rings is 1. The van der Waals surface area contributed by atoms with Gasteiger partial charge in [0.15, 0.2) is 0 Å². The molecular weight excluding hydrogens is 292 g/mol. The molecule has 0 saturated heterocycles. The molecule has 1 aromatic carbocycles. The van der Waals surface area contributed by atoms with Gasteiger partial charge in [-0.3, -0.25) is 10.1 Å². The fourth-order valence-corrected chi connectivity index (χ4v) is 3.88. The first-order chi connectivity index (χ1) is 9.88. The fraction of sp³-hybridized carbons (Fsp3) is 0.429. The van der Waals surface area contributed by atoms with Gasteiger partial charge < -0.3 is 0 Å². The van der Waals surface area contributed by atoms with Crippen molar-refractivity contribution >= 4 is 15.7 Å². The van der Waals surface area contributed by atoms with Gasteiger partial charge in [0.05, 0.1) is 15.4 Å². The zero-order valence-electron chi connectivity index (χ0n) is 11.4. The molecule has 6 nitrogen and oxygen atoms in total. The Labute approximate surface area is 123 Å². The van der Waals surface area contributed by atoms with Gasteiger partial charge in [-0.2, -0.15) is 4.72 Å². The van der Waals surface area contributed by atoms with Crippen molar-refractivity contribution in [2.45, 2.75) is 42.5 Å². The minimum Gasteiger partial charge on any atom is -0.258 e. The number of hydrogen-bond acceptors (Lipinski definition) is 4. The van der Waals surface area contributed by atoms with E-state index in [1.807, 2.05) is 0 Å². The molecule has 1 N–H and O–H groups in total. The molecule has 0 radical (unpaired) electrons. The highest BCUT2D eigenvalue weighted by Crippen LogP contribution is 2.29. The summed E-state index contributed by atoms with van der Waals surface area (Å²) in [6, 6.07) is 4.76. The lowest BCUT2D eigenvalue weighted by Gasteiger charge is -2.32. The van der Waals surface area contributed by atoms with Crippen molar-refractivity contribution < 1.29 is 13.3 Å². The van der Waals surface area contributed by atoms with Gasteiger partial charge in [0.2, 0.25) is 10.0 Å². The van der Waals surface area contributed by atoms with Crippen molar-refractivity contribution in [3.8, 4) is 12.3 Å². The standard InChI is InChI=1S/C14H16N2O4S/c1-2-14(10-4-3-5-11-14)15-21(19,20)13-8-6-12(7-9-13)16(17)18/h1,6-9,15H,3-5,10-11H2. The van der Waals surface area contributed by atoms with E-state index in [0.717, 1.165) is 31.4 Å². The van der Waals surface area contributed by atoms with Crippen LogP contribution in [0.3, 0.4) is 0 Å².